The van der Waals surface area contributed by atoms with E-state index in [2.05, 4.69) is 11.4 Å². The van der Waals surface area contributed by atoms with Gasteiger partial charge in [0.2, 0.25) is 0 Å². The number of rotatable bonds is 4. The Kier molecular flexibility index (Phi) is 4.24. The van der Waals surface area contributed by atoms with E-state index in [0.29, 0.717) is 12.3 Å². The van der Waals surface area contributed by atoms with E-state index in [-0.39, 0.29) is 0 Å². The lowest BCUT2D eigenvalue weighted by atomic mass is 10.1. The first kappa shape index (κ1) is 12.9. The summed E-state index contributed by atoms with van der Waals surface area (Å²) in [6, 6.07) is 13.4. The summed E-state index contributed by atoms with van der Waals surface area (Å²) in [5, 5.41) is 13.7. The van der Waals surface area contributed by atoms with Crippen LogP contribution in [0.5, 0.6) is 5.75 Å². The largest absolute Gasteiger partial charge is 0.508 e. The van der Waals surface area contributed by atoms with Gasteiger partial charge in [0.25, 0.3) is 0 Å². The molecule has 0 saturated carbocycles. The molecule has 0 spiro atoms. The maximum absolute atomic E-state index is 9.63. The van der Waals surface area contributed by atoms with Gasteiger partial charge in [0.05, 0.1) is 0 Å². The van der Waals surface area contributed by atoms with Crippen molar-refractivity contribution in [1.82, 2.24) is 5.32 Å². The minimum absolute atomic E-state index is 0.326. The van der Waals surface area contributed by atoms with Gasteiger partial charge < -0.3 is 10.4 Å². The molecule has 0 heterocycles. The normalized spacial score (nSPS) is 10.6. The molecule has 3 heteroatoms. The molecule has 0 saturated heterocycles. The number of nitrogens with one attached hydrogen (secondary N) is 1. The summed E-state index contributed by atoms with van der Waals surface area (Å²) in [5.74, 6) is 0.326. The van der Waals surface area contributed by atoms with Gasteiger partial charge in [-0.2, -0.15) is 0 Å². The summed E-state index contributed by atoms with van der Waals surface area (Å²) in [7, 11) is 0. The summed E-state index contributed by atoms with van der Waals surface area (Å²) >= 11 is 6.07. The fourth-order valence-electron chi connectivity index (χ4n) is 1.75. The van der Waals surface area contributed by atoms with Gasteiger partial charge >= 0.3 is 0 Å². The highest BCUT2D eigenvalue weighted by Crippen LogP contribution is 2.17. The second kappa shape index (κ2) is 5.89. The Bertz CT molecular complexity index is 540. The molecule has 0 unspecified atom stereocenters. The second-order valence-corrected chi connectivity index (χ2v) is 4.72. The number of hydrogen-bond donors (Lipinski definition) is 2. The predicted molar refractivity (Wildman–Crippen MR) is 74.8 cm³/mol. The van der Waals surface area contributed by atoms with E-state index in [4.69, 9.17) is 11.6 Å². The second-order valence-electron chi connectivity index (χ2n) is 4.32. The van der Waals surface area contributed by atoms with E-state index in [1.54, 1.807) is 6.07 Å². The van der Waals surface area contributed by atoms with Crippen molar-refractivity contribution in [1.29, 1.82) is 0 Å². The van der Waals surface area contributed by atoms with Crippen LogP contribution in [0.2, 0.25) is 5.02 Å². The number of hydrogen-bond acceptors (Lipinski definition) is 2. The Morgan fingerprint density at radius 3 is 2.61 bits per heavy atom. The van der Waals surface area contributed by atoms with Crippen molar-refractivity contribution in [2.24, 2.45) is 0 Å². The SMILES string of the molecule is Cc1ccc(CNCc2ccccc2O)cc1Cl. The van der Waals surface area contributed by atoms with E-state index in [0.717, 1.165) is 28.3 Å². The van der Waals surface area contributed by atoms with Gasteiger partial charge in [-0.15, -0.1) is 0 Å². The zero-order chi connectivity index (χ0) is 13.0. The Balaban J connectivity index is 1.92. The molecule has 0 atom stereocenters. The molecule has 0 aliphatic heterocycles. The van der Waals surface area contributed by atoms with Crippen LogP contribution < -0.4 is 5.32 Å². The van der Waals surface area contributed by atoms with Crippen LogP contribution in [-0.4, -0.2) is 5.11 Å². The van der Waals surface area contributed by atoms with Crippen LogP contribution in [0.1, 0.15) is 16.7 Å². The molecule has 2 rings (SSSR count). The predicted octanol–water partition coefficient (Wildman–Crippen LogP) is 3.64. The maximum atomic E-state index is 9.63. The zero-order valence-electron chi connectivity index (χ0n) is 10.3. The third-order valence-electron chi connectivity index (χ3n) is 2.87. The van der Waals surface area contributed by atoms with Gasteiger partial charge in [-0.3, -0.25) is 0 Å². The average molecular weight is 262 g/mol. The number of phenols is 1. The highest BCUT2D eigenvalue weighted by molar-refractivity contribution is 6.31. The average Bonchev–Trinajstić information content (AvgIpc) is 2.36. The van der Waals surface area contributed by atoms with Crippen LogP contribution in [-0.2, 0) is 13.1 Å². The molecule has 0 amide bonds. The molecule has 94 valence electrons. The van der Waals surface area contributed by atoms with Crippen molar-refractivity contribution in [3.05, 3.63) is 64.2 Å². The fraction of sp³-hybridized carbons (Fsp3) is 0.200. The summed E-state index contributed by atoms with van der Waals surface area (Å²) < 4.78 is 0. The van der Waals surface area contributed by atoms with Crippen molar-refractivity contribution in [2.75, 3.05) is 0 Å². The van der Waals surface area contributed by atoms with Gasteiger partial charge in [-0.25, -0.2) is 0 Å². The van der Waals surface area contributed by atoms with Crippen molar-refractivity contribution in [3.8, 4) is 5.75 Å². The van der Waals surface area contributed by atoms with Crippen LogP contribution in [0.4, 0.5) is 0 Å². The first-order valence-corrected chi connectivity index (χ1v) is 6.27. The van der Waals surface area contributed by atoms with E-state index in [1.165, 1.54) is 0 Å². The molecule has 0 radical (unpaired) electrons. The van der Waals surface area contributed by atoms with Gasteiger partial charge in [-0.1, -0.05) is 41.9 Å². The summed E-state index contributed by atoms with van der Waals surface area (Å²) in [4.78, 5) is 0. The minimum Gasteiger partial charge on any atom is -0.508 e. The molecule has 0 aliphatic carbocycles. The van der Waals surface area contributed by atoms with Crippen LogP contribution in [0.15, 0.2) is 42.5 Å². The first-order valence-electron chi connectivity index (χ1n) is 5.89. The quantitative estimate of drug-likeness (QED) is 0.881. The van der Waals surface area contributed by atoms with Crippen molar-refractivity contribution >= 4 is 11.6 Å². The van der Waals surface area contributed by atoms with Crippen LogP contribution in [0, 0.1) is 6.92 Å². The summed E-state index contributed by atoms with van der Waals surface area (Å²) in [5.41, 5.74) is 3.12. The smallest absolute Gasteiger partial charge is 0.120 e. The van der Waals surface area contributed by atoms with Crippen molar-refractivity contribution in [2.45, 2.75) is 20.0 Å². The maximum Gasteiger partial charge on any atom is 0.120 e. The molecule has 0 fully saturated rings. The van der Waals surface area contributed by atoms with Crippen molar-refractivity contribution < 1.29 is 5.11 Å². The number of halogens is 1. The molecular formula is C15H16ClNO. The van der Waals surface area contributed by atoms with Crippen LogP contribution in [0.3, 0.4) is 0 Å². The first-order chi connectivity index (χ1) is 8.66. The third kappa shape index (κ3) is 3.25. The lowest BCUT2D eigenvalue weighted by molar-refractivity contribution is 0.464. The molecule has 2 N–H and O–H groups in total. The molecule has 0 bridgehead atoms. The number of para-hydroxylation sites is 1. The molecular weight excluding hydrogens is 246 g/mol. The lowest BCUT2D eigenvalue weighted by Gasteiger charge is -2.08. The Morgan fingerprint density at radius 2 is 1.89 bits per heavy atom. The monoisotopic (exact) mass is 261 g/mol. The Morgan fingerprint density at radius 1 is 1.11 bits per heavy atom. The topological polar surface area (TPSA) is 32.3 Å². The fourth-order valence-corrected chi connectivity index (χ4v) is 1.95. The molecule has 2 aromatic carbocycles. The van der Waals surface area contributed by atoms with E-state index in [1.807, 2.05) is 37.3 Å². The third-order valence-corrected chi connectivity index (χ3v) is 3.28. The van der Waals surface area contributed by atoms with Gasteiger partial charge in [0, 0.05) is 23.7 Å². The van der Waals surface area contributed by atoms with Gasteiger partial charge in [0.1, 0.15) is 5.75 Å². The summed E-state index contributed by atoms with van der Waals surface area (Å²) in [6.07, 6.45) is 0. The highest BCUT2D eigenvalue weighted by atomic mass is 35.5. The van der Waals surface area contributed by atoms with E-state index >= 15 is 0 Å². The van der Waals surface area contributed by atoms with Crippen LogP contribution >= 0.6 is 11.6 Å². The van der Waals surface area contributed by atoms with E-state index in [9.17, 15) is 5.11 Å². The molecule has 18 heavy (non-hydrogen) atoms. The standard InChI is InChI=1S/C15H16ClNO/c1-11-6-7-12(8-14(11)16)9-17-10-13-4-2-3-5-15(13)18/h2-8,17-18H,9-10H2,1H3. The van der Waals surface area contributed by atoms with Crippen LogP contribution in [0.25, 0.3) is 0 Å². The number of aryl methyl sites for hydroxylation is 1. The van der Waals surface area contributed by atoms with E-state index < -0.39 is 0 Å². The number of benzene rings is 2. The minimum atomic E-state index is 0.326. The van der Waals surface area contributed by atoms with Gasteiger partial charge in [-0.05, 0) is 30.2 Å². The number of phenolic OH excluding ortho intramolecular Hbond substituents is 1. The number of aromatic hydroxyl groups is 1. The highest BCUT2D eigenvalue weighted by Gasteiger charge is 2.00. The molecule has 2 aromatic rings. The Labute approximate surface area is 112 Å². The zero-order valence-corrected chi connectivity index (χ0v) is 11.0. The van der Waals surface area contributed by atoms with Crippen molar-refractivity contribution in [3.63, 3.8) is 0 Å². The van der Waals surface area contributed by atoms with Gasteiger partial charge in [0.15, 0.2) is 0 Å². The molecule has 0 aromatic heterocycles. The summed E-state index contributed by atoms with van der Waals surface area (Å²) in [6.45, 7) is 3.36. The Hall–Kier alpha value is -1.51. The molecule has 0 aliphatic rings. The molecule has 2 nitrogen and oxygen atoms in total. The lowest BCUT2D eigenvalue weighted by Crippen LogP contribution is -2.12.